The van der Waals surface area contributed by atoms with Crippen molar-refractivity contribution in [2.24, 2.45) is 0 Å². The van der Waals surface area contributed by atoms with Crippen LogP contribution in [0.5, 0.6) is 0 Å². The number of carboxylic acids is 2. The molecule has 0 aliphatic rings. The summed E-state index contributed by atoms with van der Waals surface area (Å²) < 4.78 is 0.405. The van der Waals surface area contributed by atoms with Crippen LogP contribution in [0.1, 0.15) is 13.3 Å². The zero-order valence-electron chi connectivity index (χ0n) is 12.6. The molecule has 8 nitrogen and oxygen atoms in total. The van der Waals surface area contributed by atoms with Gasteiger partial charge in [-0.25, -0.2) is 9.86 Å². The van der Waals surface area contributed by atoms with Gasteiger partial charge in [-0.2, -0.15) is 12.6 Å². The number of quaternary nitrogens is 1. The highest BCUT2D eigenvalue weighted by molar-refractivity contribution is 7.80. The van der Waals surface area contributed by atoms with E-state index in [-0.39, 0.29) is 12.2 Å². The fourth-order valence-corrected chi connectivity index (χ4v) is 2.03. The molecule has 0 spiro atoms. The molecule has 0 aromatic carbocycles. The number of nitrogens with zero attached hydrogens (tertiary/aromatic N) is 2. The van der Waals surface area contributed by atoms with Gasteiger partial charge in [0.25, 0.3) is 0 Å². The van der Waals surface area contributed by atoms with E-state index in [1.165, 1.54) is 0 Å². The summed E-state index contributed by atoms with van der Waals surface area (Å²) in [7, 11) is 5.51. The van der Waals surface area contributed by atoms with Crippen LogP contribution < -0.4 is 0 Å². The van der Waals surface area contributed by atoms with Gasteiger partial charge < -0.3 is 14.7 Å². The number of likely N-dealkylation sites (N-methyl/N-ethyl adjacent to an activating group) is 1. The number of carbonyl (C=O) groups excluding carboxylic acids is 1. The van der Waals surface area contributed by atoms with Crippen LogP contribution in [0.4, 0.5) is 0 Å². The third kappa shape index (κ3) is 7.88. The standard InChI is InChI=1S/C12H22N2O6S/c1-8(15)13(10(7-21)12(18)19)20-9(5-11(16)17)6-14(2,3)4/h9-10H,5-7H2,1-4H3,(H2-,16,17,18,19,21)/p+1/t9-,10+/m1/s1. The van der Waals surface area contributed by atoms with E-state index in [1.54, 1.807) is 0 Å². The van der Waals surface area contributed by atoms with Gasteiger partial charge in [-0.15, -0.1) is 0 Å². The topological polar surface area (TPSA) is 104 Å². The van der Waals surface area contributed by atoms with E-state index in [2.05, 4.69) is 12.6 Å². The molecule has 0 saturated heterocycles. The second-order valence-corrected chi connectivity index (χ2v) is 6.04. The van der Waals surface area contributed by atoms with E-state index in [1.807, 2.05) is 21.1 Å². The van der Waals surface area contributed by atoms with Crippen LogP contribution in [0.2, 0.25) is 0 Å². The number of thiol groups is 1. The minimum absolute atomic E-state index is 0.140. The third-order valence-electron chi connectivity index (χ3n) is 2.47. The first kappa shape index (κ1) is 19.7. The van der Waals surface area contributed by atoms with Gasteiger partial charge in [-0.05, 0) is 0 Å². The Morgan fingerprint density at radius 1 is 1.24 bits per heavy atom. The number of hydrogen-bond donors (Lipinski definition) is 3. The minimum atomic E-state index is -1.27. The quantitative estimate of drug-likeness (QED) is 0.306. The Balaban J connectivity index is 5.16. The van der Waals surface area contributed by atoms with Crippen molar-refractivity contribution in [1.29, 1.82) is 0 Å². The molecular formula is C12H23N2O6S+. The fraction of sp³-hybridized carbons (Fsp3) is 0.750. The lowest BCUT2D eigenvalue weighted by molar-refractivity contribution is -0.874. The molecule has 0 heterocycles. The first-order valence-corrected chi connectivity index (χ1v) is 6.93. The molecule has 1 amide bonds. The zero-order valence-corrected chi connectivity index (χ0v) is 13.5. The average molecular weight is 323 g/mol. The summed E-state index contributed by atoms with van der Waals surface area (Å²) in [5.74, 6) is -3.11. The molecule has 0 saturated carbocycles. The van der Waals surface area contributed by atoms with E-state index in [9.17, 15) is 14.4 Å². The molecule has 122 valence electrons. The second kappa shape index (κ2) is 8.20. The lowest BCUT2D eigenvalue weighted by atomic mass is 10.2. The van der Waals surface area contributed by atoms with Crippen molar-refractivity contribution in [3.63, 3.8) is 0 Å². The summed E-state index contributed by atoms with van der Waals surface area (Å²) in [5, 5.41) is 18.7. The van der Waals surface area contributed by atoms with Gasteiger partial charge >= 0.3 is 11.9 Å². The molecule has 0 fully saturated rings. The van der Waals surface area contributed by atoms with E-state index in [4.69, 9.17) is 15.1 Å². The number of hydroxylamine groups is 2. The van der Waals surface area contributed by atoms with Crippen LogP contribution >= 0.6 is 12.6 Å². The molecular weight excluding hydrogens is 300 g/mol. The van der Waals surface area contributed by atoms with E-state index in [0.29, 0.717) is 16.1 Å². The third-order valence-corrected chi connectivity index (χ3v) is 2.81. The van der Waals surface area contributed by atoms with E-state index in [0.717, 1.165) is 6.92 Å². The summed E-state index contributed by atoms with van der Waals surface area (Å²) in [4.78, 5) is 39.0. The monoisotopic (exact) mass is 323 g/mol. The highest BCUT2D eigenvalue weighted by Crippen LogP contribution is 2.12. The smallest absolute Gasteiger partial charge is 0.329 e. The first-order chi connectivity index (χ1) is 9.47. The molecule has 0 aromatic heterocycles. The molecule has 0 bridgehead atoms. The SMILES string of the molecule is CC(=O)N(O[C@H](CC(=O)O)C[N+](C)(C)C)[C@@H](CS)C(=O)O. The van der Waals surface area contributed by atoms with Crippen molar-refractivity contribution in [1.82, 2.24) is 5.06 Å². The Morgan fingerprint density at radius 2 is 1.76 bits per heavy atom. The Labute approximate surface area is 129 Å². The lowest BCUT2D eigenvalue weighted by Crippen LogP contribution is -2.51. The van der Waals surface area contributed by atoms with Gasteiger partial charge in [-0.1, -0.05) is 0 Å². The van der Waals surface area contributed by atoms with Crippen LogP contribution in [0.25, 0.3) is 0 Å². The molecule has 2 N–H and O–H groups in total. The zero-order chi connectivity index (χ0) is 16.8. The maximum absolute atomic E-state index is 11.6. The summed E-state index contributed by atoms with van der Waals surface area (Å²) >= 11 is 3.89. The second-order valence-electron chi connectivity index (χ2n) is 5.68. The van der Waals surface area contributed by atoms with Crippen LogP contribution in [-0.4, -0.2) is 83.2 Å². The Hall–Kier alpha value is -1.32. The largest absolute Gasteiger partial charge is 0.481 e. The molecule has 21 heavy (non-hydrogen) atoms. The van der Waals surface area contributed by atoms with Crippen molar-refractivity contribution < 1.29 is 33.9 Å². The number of carbonyl (C=O) groups is 3. The molecule has 0 rings (SSSR count). The van der Waals surface area contributed by atoms with Crippen molar-refractivity contribution in [3.05, 3.63) is 0 Å². The van der Waals surface area contributed by atoms with Gasteiger partial charge in [0, 0.05) is 12.7 Å². The van der Waals surface area contributed by atoms with Gasteiger partial charge in [0.15, 0.2) is 6.04 Å². The minimum Gasteiger partial charge on any atom is -0.481 e. The molecule has 0 aliphatic heterocycles. The van der Waals surface area contributed by atoms with Crippen LogP contribution in [-0.2, 0) is 19.2 Å². The van der Waals surface area contributed by atoms with E-state index >= 15 is 0 Å². The molecule has 9 heteroatoms. The van der Waals surface area contributed by atoms with Gasteiger partial charge in [0.1, 0.15) is 12.6 Å². The Kier molecular flexibility index (Phi) is 7.69. The number of hydrogen-bond acceptors (Lipinski definition) is 5. The summed E-state index contributed by atoms with van der Waals surface area (Å²) in [6.45, 7) is 1.46. The number of amides is 1. The van der Waals surface area contributed by atoms with Gasteiger partial charge in [0.05, 0.1) is 27.6 Å². The van der Waals surface area contributed by atoms with Crippen molar-refractivity contribution in [2.75, 3.05) is 33.4 Å². The molecule has 0 radical (unpaired) electrons. The molecule has 0 unspecified atom stereocenters. The number of carboxylic acid groups (broad SMARTS) is 2. The average Bonchev–Trinajstić information content (AvgIpc) is 2.24. The summed E-state index contributed by atoms with van der Waals surface area (Å²) in [5.41, 5.74) is 0. The predicted molar refractivity (Wildman–Crippen MR) is 77.8 cm³/mol. The van der Waals surface area contributed by atoms with Crippen LogP contribution in [0.3, 0.4) is 0 Å². The van der Waals surface area contributed by atoms with Crippen LogP contribution in [0, 0.1) is 0 Å². The van der Waals surface area contributed by atoms with Crippen molar-refractivity contribution in [3.8, 4) is 0 Å². The van der Waals surface area contributed by atoms with Crippen molar-refractivity contribution in [2.45, 2.75) is 25.5 Å². The first-order valence-electron chi connectivity index (χ1n) is 6.30. The van der Waals surface area contributed by atoms with Gasteiger partial charge in [0.2, 0.25) is 5.91 Å². The highest BCUT2D eigenvalue weighted by Gasteiger charge is 2.32. The van der Waals surface area contributed by atoms with E-state index < -0.39 is 30.0 Å². The summed E-state index contributed by atoms with van der Waals surface area (Å²) in [6.07, 6.45) is -1.16. The summed E-state index contributed by atoms with van der Waals surface area (Å²) in [6, 6.07) is -1.27. The lowest BCUT2D eigenvalue weighted by Gasteiger charge is -2.33. The maximum Gasteiger partial charge on any atom is 0.329 e. The molecule has 0 aromatic rings. The highest BCUT2D eigenvalue weighted by atomic mass is 32.1. The Morgan fingerprint density at radius 3 is 2.05 bits per heavy atom. The number of aliphatic carboxylic acids is 2. The molecule has 0 aliphatic carbocycles. The number of rotatable bonds is 9. The van der Waals surface area contributed by atoms with Crippen LogP contribution in [0.15, 0.2) is 0 Å². The fourth-order valence-electron chi connectivity index (χ4n) is 1.72. The maximum atomic E-state index is 11.6. The predicted octanol–water partition coefficient (Wildman–Crippen LogP) is -0.301. The van der Waals surface area contributed by atoms with Crippen molar-refractivity contribution >= 4 is 30.5 Å². The molecule has 2 atom stereocenters. The van der Waals surface area contributed by atoms with Gasteiger partial charge in [-0.3, -0.25) is 14.4 Å². The Bertz CT molecular complexity index is 396. The normalized spacial score (nSPS) is 14.3.